The summed E-state index contributed by atoms with van der Waals surface area (Å²) >= 11 is 6.30. The van der Waals surface area contributed by atoms with Crippen LogP contribution in [0.4, 0.5) is 11.4 Å². The van der Waals surface area contributed by atoms with Crippen molar-refractivity contribution in [2.24, 2.45) is 0 Å². The second-order valence-corrected chi connectivity index (χ2v) is 7.01. The van der Waals surface area contributed by atoms with Crippen molar-refractivity contribution in [3.8, 4) is 0 Å². The van der Waals surface area contributed by atoms with E-state index in [1.54, 1.807) is 6.07 Å². The minimum Gasteiger partial charge on any atom is -0.378 e. The SMILES string of the molecule is Cc1cc([N+](=O)[O-])cc(Cl)c1N1CCN(CC(=O)N2CCOCC2)CC1. The van der Waals surface area contributed by atoms with Crippen LogP contribution in [-0.2, 0) is 9.53 Å². The summed E-state index contributed by atoms with van der Waals surface area (Å²) in [5.41, 5.74) is 1.64. The van der Waals surface area contributed by atoms with Gasteiger partial charge in [-0.15, -0.1) is 0 Å². The fourth-order valence-corrected chi connectivity index (χ4v) is 3.84. The number of nitro benzene ring substituents is 1. The van der Waals surface area contributed by atoms with Crippen molar-refractivity contribution in [2.45, 2.75) is 6.92 Å². The number of nitro groups is 1. The van der Waals surface area contributed by atoms with Gasteiger partial charge in [-0.05, 0) is 12.5 Å². The van der Waals surface area contributed by atoms with E-state index in [0.29, 0.717) is 37.9 Å². The zero-order chi connectivity index (χ0) is 18.7. The molecule has 0 spiro atoms. The number of non-ortho nitro benzene ring substituents is 1. The smallest absolute Gasteiger partial charge is 0.271 e. The van der Waals surface area contributed by atoms with Gasteiger partial charge in [0.1, 0.15) is 0 Å². The Morgan fingerprint density at radius 1 is 1.19 bits per heavy atom. The number of carbonyl (C=O) groups is 1. The minimum atomic E-state index is -0.433. The molecule has 142 valence electrons. The van der Waals surface area contributed by atoms with Crippen molar-refractivity contribution in [1.29, 1.82) is 0 Å². The number of ether oxygens (including phenoxy) is 1. The number of anilines is 1. The molecule has 0 saturated carbocycles. The molecule has 0 aliphatic carbocycles. The van der Waals surface area contributed by atoms with Gasteiger partial charge in [-0.1, -0.05) is 11.6 Å². The van der Waals surface area contributed by atoms with Crippen LogP contribution in [0, 0.1) is 17.0 Å². The highest BCUT2D eigenvalue weighted by Gasteiger charge is 2.25. The minimum absolute atomic E-state index is 0.00555. The van der Waals surface area contributed by atoms with Crippen LogP contribution in [0.3, 0.4) is 0 Å². The summed E-state index contributed by atoms with van der Waals surface area (Å²) in [6.45, 7) is 7.76. The number of hydrogen-bond acceptors (Lipinski definition) is 6. The molecule has 2 saturated heterocycles. The number of carbonyl (C=O) groups excluding carboxylic acids is 1. The van der Waals surface area contributed by atoms with Crippen LogP contribution in [0.5, 0.6) is 0 Å². The second-order valence-electron chi connectivity index (χ2n) is 6.61. The van der Waals surface area contributed by atoms with Crippen LogP contribution in [-0.4, -0.2) is 79.7 Å². The molecule has 0 bridgehead atoms. The van der Waals surface area contributed by atoms with Gasteiger partial charge in [-0.25, -0.2) is 0 Å². The Hall–Kier alpha value is -1.90. The Kier molecular flexibility index (Phi) is 5.95. The molecule has 26 heavy (non-hydrogen) atoms. The number of rotatable bonds is 4. The van der Waals surface area contributed by atoms with Crippen LogP contribution in [0.2, 0.25) is 5.02 Å². The fourth-order valence-electron chi connectivity index (χ4n) is 3.46. The number of morpholine rings is 1. The summed E-state index contributed by atoms with van der Waals surface area (Å²) < 4.78 is 5.28. The van der Waals surface area contributed by atoms with Gasteiger partial charge in [-0.3, -0.25) is 19.8 Å². The molecule has 2 aliphatic rings. The molecular weight excluding hydrogens is 360 g/mol. The third-order valence-electron chi connectivity index (χ3n) is 4.86. The van der Waals surface area contributed by atoms with Gasteiger partial charge in [0.2, 0.25) is 5.91 Å². The van der Waals surface area contributed by atoms with Crippen molar-refractivity contribution in [3.63, 3.8) is 0 Å². The van der Waals surface area contributed by atoms with Crippen molar-refractivity contribution in [2.75, 3.05) is 63.9 Å². The number of amides is 1. The zero-order valence-electron chi connectivity index (χ0n) is 14.8. The standard InChI is InChI=1S/C17H23ClN4O4/c1-13-10-14(22(24)25)11-15(18)17(13)21-4-2-19(3-5-21)12-16(23)20-6-8-26-9-7-20/h10-11H,2-9,12H2,1H3. The number of nitrogens with zero attached hydrogens (tertiary/aromatic N) is 4. The lowest BCUT2D eigenvalue weighted by atomic mass is 10.1. The van der Waals surface area contributed by atoms with E-state index >= 15 is 0 Å². The predicted octanol–water partition coefficient (Wildman–Crippen LogP) is 1.54. The Morgan fingerprint density at radius 3 is 2.42 bits per heavy atom. The summed E-state index contributed by atoms with van der Waals surface area (Å²) in [5.74, 6) is 0.145. The molecule has 1 amide bonds. The van der Waals surface area contributed by atoms with E-state index in [9.17, 15) is 14.9 Å². The van der Waals surface area contributed by atoms with E-state index in [0.717, 1.165) is 37.4 Å². The van der Waals surface area contributed by atoms with E-state index in [4.69, 9.17) is 16.3 Å². The Morgan fingerprint density at radius 2 is 1.85 bits per heavy atom. The second kappa shape index (κ2) is 8.20. The lowest BCUT2D eigenvalue weighted by molar-refractivity contribution is -0.384. The highest BCUT2D eigenvalue weighted by atomic mass is 35.5. The van der Waals surface area contributed by atoms with E-state index in [1.165, 1.54) is 6.07 Å². The van der Waals surface area contributed by atoms with Crippen LogP contribution < -0.4 is 4.90 Å². The van der Waals surface area contributed by atoms with Gasteiger partial charge < -0.3 is 14.5 Å². The first-order valence-electron chi connectivity index (χ1n) is 8.73. The molecule has 0 aromatic heterocycles. The fraction of sp³-hybridized carbons (Fsp3) is 0.588. The molecule has 1 aromatic carbocycles. The molecule has 0 unspecified atom stereocenters. The topological polar surface area (TPSA) is 79.2 Å². The first-order valence-corrected chi connectivity index (χ1v) is 9.11. The van der Waals surface area contributed by atoms with Crippen molar-refractivity contribution in [3.05, 3.63) is 32.8 Å². The number of hydrogen-bond donors (Lipinski definition) is 0. The average Bonchev–Trinajstić information content (AvgIpc) is 2.63. The molecule has 1 aromatic rings. The maximum absolute atomic E-state index is 12.4. The maximum Gasteiger partial charge on any atom is 0.271 e. The lowest BCUT2D eigenvalue weighted by Crippen LogP contribution is -2.51. The molecule has 2 heterocycles. The molecule has 2 aliphatic heterocycles. The van der Waals surface area contributed by atoms with Crippen LogP contribution in [0.15, 0.2) is 12.1 Å². The summed E-state index contributed by atoms with van der Waals surface area (Å²) in [7, 11) is 0. The maximum atomic E-state index is 12.4. The normalized spacial score (nSPS) is 18.8. The van der Waals surface area contributed by atoms with Crippen molar-refractivity contribution >= 4 is 28.9 Å². The van der Waals surface area contributed by atoms with Gasteiger partial charge >= 0.3 is 0 Å². The summed E-state index contributed by atoms with van der Waals surface area (Å²) in [5, 5.41) is 11.3. The average molecular weight is 383 g/mol. The quantitative estimate of drug-likeness (QED) is 0.580. The molecule has 3 rings (SSSR count). The first kappa shape index (κ1) is 18.9. The Labute approximate surface area is 157 Å². The summed E-state index contributed by atoms with van der Waals surface area (Å²) in [4.78, 5) is 29.0. The Balaban J connectivity index is 1.58. The Bertz CT molecular complexity index is 662. The largest absolute Gasteiger partial charge is 0.378 e. The number of halogens is 1. The lowest BCUT2D eigenvalue weighted by Gasteiger charge is -2.38. The molecular formula is C17H23ClN4O4. The highest BCUT2D eigenvalue weighted by molar-refractivity contribution is 6.33. The van der Waals surface area contributed by atoms with Crippen LogP contribution >= 0.6 is 11.6 Å². The number of piperazine rings is 1. The highest BCUT2D eigenvalue weighted by Crippen LogP contribution is 2.34. The van der Waals surface area contributed by atoms with E-state index in [1.807, 2.05) is 11.8 Å². The van der Waals surface area contributed by atoms with Gasteiger partial charge in [0.25, 0.3) is 5.69 Å². The van der Waals surface area contributed by atoms with E-state index < -0.39 is 4.92 Å². The third-order valence-corrected chi connectivity index (χ3v) is 5.15. The molecule has 0 N–H and O–H groups in total. The summed E-state index contributed by atoms with van der Waals surface area (Å²) in [6, 6.07) is 2.95. The van der Waals surface area contributed by atoms with Crippen molar-refractivity contribution < 1.29 is 14.5 Å². The van der Waals surface area contributed by atoms with Gasteiger partial charge in [-0.2, -0.15) is 0 Å². The summed E-state index contributed by atoms with van der Waals surface area (Å²) in [6.07, 6.45) is 0. The first-order chi connectivity index (χ1) is 12.5. The van der Waals surface area contributed by atoms with Crippen LogP contribution in [0.25, 0.3) is 0 Å². The van der Waals surface area contributed by atoms with E-state index in [2.05, 4.69) is 9.80 Å². The molecule has 0 radical (unpaired) electrons. The van der Waals surface area contributed by atoms with Gasteiger partial charge in [0, 0.05) is 51.4 Å². The van der Waals surface area contributed by atoms with Crippen LogP contribution in [0.1, 0.15) is 5.56 Å². The number of aryl methyl sites for hydroxylation is 1. The third kappa shape index (κ3) is 4.25. The molecule has 2 fully saturated rings. The van der Waals surface area contributed by atoms with Gasteiger partial charge in [0.05, 0.1) is 35.4 Å². The molecule has 8 nitrogen and oxygen atoms in total. The van der Waals surface area contributed by atoms with Gasteiger partial charge in [0.15, 0.2) is 0 Å². The number of benzene rings is 1. The predicted molar refractivity (Wildman–Crippen MR) is 98.9 cm³/mol. The zero-order valence-corrected chi connectivity index (χ0v) is 15.6. The van der Waals surface area contributed by atoms with E-state index in [-0.39, 0.29) is 11.6 Å². The molecule has 0 atom stereocenters. The monoisotopic (exact) mass is 382 g/mol. The molecule has 9 heteroatoms. The van der Waals surface area contributed by atoms with Crippen molar-refractivity contribution in [1.82, 2.24) is 9.80 Å².